The van der Waals surface area contributed by atoms with Crippen molar-refractivity contribution in [2.75, 3.05) is 31.5 Å². The molecule has 0 bridgehead atoms. The number of sulfonamides is 1. The van der Waals surface area contributed by atoms with Crippen LogP contribution in [0.2, 0.25) is 0 Å². The van der Waals surface area contributed by atoms with Crippen LogP contribution in [-0.4, -0.2) is 61.4 Å². The molecule has 0 atom stereocenters. The van der Waals surface area contributed by atoms with Crippen molar-refractivity contribution >= 4 is 27.7 Å². The van der Waals surface area contributed by atoms with E-state index in [0.717, 1.165) is 23.3 Å². The van der Waals surface area contributed by atoms with Gasteiger partial charge in [0.25, 0.3) is 0 Å². The van der Waals surface area contributed by atoms with E-state index in [0.29, 0.717) is 13.1 Å². The van der Waals surface area contributed by atoms with Crippen molar-refractivity contribution in [2.45, 2.75) is 38.2 Å². The Morgan fingerprint density at radius 2 is 1.69 bits per heavy atom. The summed E-state index contributed by atoms with van der Waals surface area (Å²) in [6.07, 6.45) is -0.431. The number of hydrogen-bond acceptors (Lipinski definition) is 5. The topological polar surface area (TPSA) is 96.0 Å². The van der Waals surface area contributed by atoms with Crippen molar-refractivity contribution in [1.29, 1.82) is 0 Å². The molecule has 2 aliphatic heterocycles. The molecule has 158 valence electrons. The molecule has 0 spiro atoms. The van der Waals surface area contributed by atoms with Crippen LogP contribution in [0.15, 0.2) is 34.2 Å². The maximum atomic E-state index is 13.8. The van der Waals surface area contributed by atoms with E-state index in [2.05, 4.69) is 5.32 Å². The first-order valence-corrected chi connectivity index (χ1v) is 10.6. The fraction of sp³-hybridized carbons (Fsp3) is 0.474. The summed E-state index contributed by atoms with van der Waals surface area (Å²) in [5.74, 6) is -1.21. The lowest BCUT2D eigenvalue weighted by molar-refractivity contribution is -0.114. The van der Waals surface area contributed by atoms with Crippen LogP contribution >= 0.6 is 0 Å². The summed E-state index contributed by atoms with van der Waals surface area (Å²) in [5, 5.41) is 2.29. The third kappa shape index (κ3) is 4.59. The van der Waals surface area contributed by atoms with Gasteiger partial charge in [-0.3, -0.25) is 4.79 Å². The molecule has 0 aliphatic carbocycles. The zero-order valence-corrected chi connectivity index (χ0v) is 17.6. The largest absolute Gasteiger partial charge is 0.444 e. The molecule has 0 saturated heterocycles. The van der Waals surface area contributed by atoms with Crippen molar-refractivity contribution in [3.05, 3.63) is 35.2 Å². The summed E-state index contributed by atoms with van der Waals surface area (Å²) in [6, 6.07) is 3.30. The molecule has 1 aromatic rings. The highest BCUT2D eigenvalue weighted by Crippen LogP contribution is 2.31. The number of anilines is 1. The van der Waals surface area contributed by atoms with E-state index in [-0.39, 0.29) is 23.7 Å². The number of amides is 2. The number of benzene rings is 1. The van der Waals surface area contributed by atoms with Gasteiger partial charge in [-0.05, 0) is 50.1 Å². The molecule has 0 aromatic heterocycles. The molecule has 0 fully saturated rings. The smallest absolute Gasteiger partial charge is 0.410 e. The lowest BCUT2D eigenvalue weighted by atomic mass is 10.2. The molecular formula is C19H24FN3O5S. The summed E-state index contributed by atoms with van der Waals surface area (Å²) < 4.78 is 46.4. The first-order chi connectivity index (χ1) is 13.4. The van der Waals surface area contributed by atoms with Crippen molar-refractivity contribution in [2.24, 2.45) is 0 Å². The summed E-state index contributed by atoms with van der Waals surface area (Å²) in [4.78, 5) is 24.9. The second-order valence-corrected chi connectivity index (χ2v) is 10.1. The van der Waals surface area contributed by atoms with Gasteiger partial charge >= 0.3 is 6.09 Å². The minimum atomic E-state index is -3.88. The molecule has 10 heteroatoms. The van der Waals surface area contributed by atoms with Crippen molar-refractivity contribution < 1.29 is 27.1 Å². The van der Waals surface area contributed by atoms with E-state index < -0.39 is 33.4 Å². The highest BCUT2D eigenvalue weighted by Gasteiger charge is 2.38. The molecule has 2 amide bonds. The van der Waals surface area contributed by atoms with Crippen molar-refractivity contribution in [1.82, 2.24) is 9.21 Å². The number of ether oxygens (including phenoxy) is 1. The zero-order valence-electron chi connectivity index (χ0n) is 16.8. The van der Waals surface area contributed by atoms with E-state index in [4.69, 9.17) is 4.74 Å². The molecule has 0 radical (unpaired) electrons. The molecular weight excluding hydrogens is 401 g/mol. The molecule has 3 rings (SSSR count). The van der Waals surface area contributed by atoms with E-state index >= 15 is 0 Å². The number of rotatable bonds is 3. The second-order valence-electron chi connectivity index (χ2n) is 8.14. The van der Waals surface area contributed by atoms with Gasteiger partial charge in [0.1, 0.15) is 11.4 Å². The molecule has 0 saturated carbocycles. The Morgan fingerprint density at radius 3 is 2.21 bits per heavy atom. The molecule has 2 heterocycles. The third-order valence-electron chi connectivity index (χ3n) is 4.54. The molecule has 1 aromatic carbocycles. The summed E-state index contributed by atoms with van der Waals surface area (Å²) >= 11 is 0. The molecule has 2 aliphatic rings. The fourth-order valence-corrected chi connectivity index (χ4v) is 4.73. The van der Waals surface area contributed by atoms with E-state index in [1.54, 1.807) is 25.7 Å². The van der Waals surface area contributed by atoms with Gasteiger partial charge < -0.3 is 15.0 Å². The predicted molar refractivity (Wildman–Crippen MR) is 104 cm³/mol. The molecule has 1 N–H and O–H groups in total. The number of carbonyl (C=O) groups excluding carboxylic acids is 2. The number of halogens is 1. The number of carbonyl (C=O) groups is 2. The maximum absolute atomic E-state index is 13.8. The SMILES string of the molecule is CC(=O)Nc1cc(S(=O)(=O)N2CC3=C(CN(C(=O)OC(C)(C)C)C3)C2)ccc1F. The van der Waals surface area contributed by atoms with E-state index in [1.165, 1.54) is 17.3 Å². The highest BCUT2D eigenvalue weighted by molar-refractivity contribution is 7.89. The van der Waals surface area contributed by atoms with Gasteiger partial charge in [-0.2, -0.15) is 4.31 Å². The standard InChI is InChI=1S/C19H24FN3O5S/c1-12(24)21-17-7-15(5-6-16(17)20)29(26,27)23-10-13-8-22(9-14(13)11-23)18(25)28-19(2,3)4/h5-7H,8-11H2,1-4H3,(H,21,24). The first kappa shape index (κ1) is 21.3. The number of nitrogens with zero attached hydrogens (tertiary/aromatic N) is 2. The Kier molecular flexibility index (Phi) is 5.44. The monoisotopic (exact) mass is 425 g/mol. The van der Waals surface area contributed by atoms with E-state index in [9.17, 15) is 22.4 Å². The van der Waals surface area contributed by atoms with Crippen LogP contribution in [0.5, 0.6) is 0 Å². The van der Waals surface area contributed by atoms with E-state index in [1.807, 2.05) is 0 Å². The average molecular weight is 425 g/mol. The summed E-state index contributed by atoms with van der Waals surface area (Å²) in [7, 11) is -3.88. The zero-order chi connectivity index (χ0) is 21.6. The summed E-state index contributed by atoms with van der Waals surface area (Å²) in [6.45, 7) is 7.52. The molecule has 29 heavy (non-hydrogen) atoms. The van der Waals surface area contributed by atoms with Gasteiger partial charge in [-0.25, -0.2) is 17.6 Å². The number of nitrogens with one attached hydrogen (secondary N) is 1. The van der Waals surface area contributed by atoms with Gasteiger partial charge in [0, 0.05) is 33.1 Å². The van der Waals surface area contributed by atoms with Gasteiger partial charge in [0.2, 0.25) is 15.9 Å². The van der Waals surface area contributed by atoms with Crippen LogP contribution in [0, 0.1) is 5.82 Å². The lowest BCUT2D eigenvalue weighted by Gasteiger charge is -2.26. The Balaban J connectivity index is 1.71. The predicted octanol–water partition coefficient (Wildman–Crippen LogP) is 2.34. The molecule has 0 unspecified atom stereocenters. The van der Waals surface area contributed by atoms with Crippen LogP contribution < -0.4 is 5.32 Å². The van der Waals surface area contributed by atoms with Crippen LogP contribution in [0.25, 0.3) is 0 Å². The maximum Gasteiger partial charge on any atom is 0.410 e. The lowest BCUT2D eigenvalue weighted by Crippen LogP contribution is -2.39. The quantitative estimate of drug-likeness (QED) is 0.750. The minimum Gasteiger partial charge on any atom is -0.444 e. The highest BCUT2D eigenvalue weighted by atomic mass is 32.2. The van der Waals surface area contributed by atoms with Crippen LogP contribution in [0.3, 0.4) is 0 Å². The Bertz CT molecular complexity index is 980. The van der Waals surface area contributed by atoms with Gasteiger partial charge in [-0.15, -0.1) is 0 Å². The minimum absolute atomic E-state index is 0.104. The van der Waals surface area contributed by atoms with Crippen molar-refractivity contribution in [3.63, 3.8) is 0 Å². The number of hydrogen-bond donors (Lipinski definition) is 1. The van der Waals surface area contributed by atoms with Gasteiger partial charge in [-0.1, -0.05) is 0 Å². The Morgan fingerprint density at radius 1 is 1.10 bits per heavy atom. The van der Waals surface area contributed by atoms with Crippen molar-refractivity contribution in [3.8, 4) is 0 Å². The van der Waals surface area contributed by atoms with Gasteiger partial charge in [0.15, 0.2) is 0 Å². The first-order valence-electron chi connectivity index (χ1n) is 9.12. The van der Waals surface area contributed by atoms with Crippen LogP contribution in [-0.2, 0) is 19.6 Å². The normalized spacial score (nSPS) is 17.5. The fourth-order valence-electron chi connectivity index (χ4n) is 3.27. The molecule has 8 nitrogen and oxygen atoms in total. The second kappa shape index (κ2) is 7.42. The Hall–Kier alpha value is -2.46. The summed E-state index contributed by atoms with van der Waals surface area (Å²) in [5.41, 5.74) is 0.940. The average Bonchev–Trinajstić information content (AvgIpc) is 3.14. The third-order valence-corrected chi connectivity index (χ3v) is 6.32. The Labute approximate surface area is 169 Å². The van der Waals surface area contributed by atoms with Gasteiger partial charge in [0.05, 0.1) is 10.6 Å². The van der Waals surface area contributed by atoms with Crippen LogP contribution in [0.1, 0.15) is 27.7 Å². The van der Waals surface area contributed by atoms with Crippen LogP contribution in [0.4, 0.5) is 14.9 Å².